The normalized spacial score (nSPS) is 10.9. The molecule has 0 bridgehead atoms. The maximum Gasteiger partial charge on any atom is 0.200 e. The Morgan fingerprint density at radius 2 is 1.70 bits per heavy atom. The first-order chi connectivity index (χ1) is 10.8. The van der Waals surface area contributed by atoms with Crippen LogP contribution in [0, 0.1) is 20.8 Å². The summed E-state index contributed by atoms with van der Waals surface area (Å²) < 4.78 is 6.87. The molecule has 0 aromatic heterocycles. The Morgan fingerprint density at radius 3 is 2.26 bits per heavy atom. The van der Waals surface area contributed by atoms with E-state index in [-0.39, 0.29) is 12.4 Å². The Labute approximate surface area is 147 Å². The maximum absolute atomic E-state index is 12.3. The maximum atomic E-state index is 12.3. The number of hydrogen-bond donors (Lipinski definition) is 0. The third kappa shape index (κ3) is 4.03. The molecular formula is C20H23BrO2. The highest BCUT2D eigenvalue weighted by Gasteiger charge is 2.12. The van der Waals surface area contributed by atoms with Crippen LogP contribution in [0.25, 0.3) is 0 Å². The molecular weight excluding hydrogens is 352 g/mol. The molecule has 2 aromatic carbocycles. The van der Waals surface area contributed by atoms with Crippen LogP contribution in [-0.2, 0) is 0 Å². The first-order valence-electron chi connectivity index (χ1n) is 7.83. The Balaban J connectivity index is 2.10. The van der Waals surface area contributed by atoms with Crippen LogP contribution < -0.4 is 4.74 Å². The van der Waals surface area contributed by atoms with E-state index >= 15 is 0 Å². The molecule has 0 N–H and O–H groups in total. The molecule has 23 heavy (non-hydrogen) atoms. The topological polar surface area (TPSA) is 26.3 Å². The lowest BCUT2D eigenvalue weighted by atomic mass is 10.0. The second-order valence-electron chi connectivity index (χ2n) is 6.24. The summed E-state index contributed by atoms with van der Waals surface area (Å²) in [6, 6.07) is 9.76. The standard InChI is InChI=1S/C20H23BrO2/c1-12(2)16-6-8-17(9-7-16)18(22)11-23-19-10-13(3)20(21)15(5)14(19)4/h6-10,12H,11H2,1-5H3. The summed E-state index contributed by atoms with van der Waals surface area (Å²) in [5.41, 5.74) is 5.24. The van der Waals surface area contributed by atoms with Crippen LogP contribution in [0.1, 0.15) is 52.4 Å². The van der Waals surface area contributed by atoms with E-state index in [1.54, 1.807) is 0 Å². The number of hydrogen-bond acceptors (Lipinski definition) is 2. The van der Waals surface area contributed by atoms with Crippen molar-refractivity contribution in [3.8, 4) is 5.75 Å². The van der Waals surface area contributed by atoms with Crippen molar-refractivity contribution in [2.45, 2.75) is 40.5 Å². The molecule has 122 valence electrons. The molecule has 0 atom stereocenters. The van der Waals surface area contributed by atoms with Gasteiger partial charge in [-0.25, -0.2) is 0 Å². The van der Waals surface area contributed by atoms with Gasteiger partial charge in [-0.1, -0.05) is 54.0 Å². The highest BCUT2D eigenvalue weighted by molar-refractivity contribution is 9.10. The number of aryl methyl sites for hydroxylation is 1. The van der Waals surface area contributed by atoms with Crippen LogP contribution in [0.2, 0.25) is 0 Å². The van der Waals surface area contributed by atoms with Crippen molar-refractivity contribution in [2.75, 3.05) is 6.61 Å². The van der Waals surface area contributed by atoms with Crippen molar-refractivity contribution in [3.63, 3.8) is 0 Å². The number of carbonyl (C=O) groups excluding carboxylic acids is 1. The molecule has 2 nitrogen and oxygen atoms in total. The highest BCUT2D eigenvalue weighted by Crippen LogP contribution is 2.31. The van der Waals surface area contributed by atoms with Gasteiger partial charge >= 0.3 is 0 Å². The van der Waals surface area contributed by atoms with Gasteiger partial charge in [0.1, 0.15) is 5.75 Å². The van der Waals surface area contributed by atoms with Gasteiger partial charge < -0.3 is 4.74 Å². The van der Waals surface area contributed by atoms with Crippen LogP contribution in [0.5, 0.6) is 5.75 Å². The summed E-state index contributed by atoms with van der Waals surface area (Å²) in [4.78, 5) is 12.3. The molecule has 0 spiro atoms. The van der Waals surface area contributed by atoms with Crippen LogP contribution in [0.15, 0.2) is 34.8 Å². The third-order valence-corrected chi connectivity index (χ3v) is 5.43. The number of ketones is 1. The summed E-state index contributed by atoms with van der Waals surface area (Å²) in [5.74, 6) is 1.24. The fourth-order valence-electron chi connectivity index (χ4n) is 2.44. The Hall–Kier alpha value is -1.61. The molecule has 0 unspecified atom stereocenters. The molecule has 0 fully saturated rings. The van der Waals surface area contributed by atoms with Crippen molar-refractivity contribution in [2.24, 2.45) is 0 Å². The van der Waals surface area contributed by atoms with Gasteiger partial charge in [0.2, 0.25) is 0 Å². The average molecular weight is 375 g/mol. The van der Waals surface area contributed by atoms with E-state index in [0.717, 1.165) is 26.9 Å². The van der Waals surface area contributed by atoms with Crippen LogP contribution >= 0.6 is 15.9 Å². The molecule has 0 aliphatic carbocycles. The van der Waals surface area contributed by atoms with Gasteiger partial charge in [0.15, 0.2) is 12.4 Å². The van der Waals surface area contributed by atoms with Gasteiger partial charge in [0.05, 0.1) is 0 Å². The summed E-state index contributed by atoms with van der Waals surface area (Å²) in [6.07, 6.45) is 0. The number of halogens is 1. The number of rotatable bonds is 5. The van der Waals surface area contributed by atoms with E-state index in [4.69, 9.17) is 4.74 Å². The average Bonchev–Trinajstić information content (AvgIpc) is 2.54. The van der Waals surface area contributed by atoms with Crippen molar-refractivity contribution < 1.29 is 9.53 Å². The summed E-state index contributed by atoms with van der Waals surface area (Å²) in [6.45, 7) is 10.4. The molecule has 0 saturated carbocycles. The summed E-state index contributed by atoms with van der Waals surface area (Å²) in [7, 11) is 0. The minimum Gasteiger partial charge on any atom is -0.485 e. The Kier molecular flexibility index (Phi) is 5.64. The van der Waals surface area contributed by atoms with Crippen molar-refractivity contribution in [1.29, 1.82) is 0 Å². The van der Waals surface area contributed by atoms with E-state index < -0.39 is 0 Å². The molecule has 0 aliphatic heterocycles. The van der Waals surface area contributed by atoms with E-state index in [1.165, 1.54) is 5.56 Å². The van der Waals surface area contributed by atoms with Crippen molar-refractivity contribution in [3.05, 3.63) is 62.6 Å². The predicted octanol–water partition coefficient (Wildman–Crippen LogP) is 5.76. The number of ether oxygens (including phenoxy) is 1. The number of benzene rings is 2. The van der Waals surface area contributed by atoms with Crippen LogP contribution in [-0.4, -0.2) is 12.4 Å². The Bertz CT molecular complexity index is 715. The van der Waals surface area contributed by atoms with E-state index in [2.05, 4.69) is 29.8 Å². The molecule has 2 rings (SSSR count). The quantitative estimate of drug-likeness (QED) is 0.621. The minimum atomic E-state index is -0.00192. The molecule has 0 saturated heterocycles. The molecule has 0 radical (unpaired) electrons. The van der Waals surface area contributed by atoms with Gasteiger partial charge in [-0.2, -0.15) is 0 Å². The zero-order valence-electron chi connectivity index (χ0n) is 14.4. The fourth-order valence-corrected chi connectivity index (χ4v) is 2.86. The van der Waals surface area contributed by atoms with Gasteiger partial charge in [0, 0.05) is 10.0 Å². The zero-order chi connectivity index (χ0) is 17.1. The van der Waals surface area contributed by atoms with Gasteiger partial charge in [-0.05, 0) is 55.0 Å². The first-order valence-corrected chi connectivity index (χ1v) is 8.62. The summed E-state index contributed by atoms with van der Waals surface area (Å²) >= 11 is 3.58. The summed E-state index contributed by atoms with van der Waals surface area (Å²) in [5, 5.41) is 0. The second-order valence-corrected chi connectivity index (χ2v) is 7.04. The van der Waals surface area contributed by atoms with E-state index in [9.17, 15) is 4.79 Å². The van der Waals surface area contributed by atoms with Crippen LogP contribution in [0.3, 0.4) is 0 Å². The first kappa shape index (κ1) is 17.7. The van der Waals surface area contributed by atoms with E-state index in [1.807, 2.05) is 51.1 Å². The van der Waals surface area contributed by atoms with Crippen LogP contribution in [0.4, 0.5) is 0 Å². The monoisotopic (exact) mass is 374 g/mol. The smallest absolute Gasteiger partial charge is 0.200 e. The molecule has 0 heterocycles. The predicted molar refractivity (Wildman–Crippen MR) is 98.7 cm³/mol. The highest BCUT2D eigenvalue weighted by atomic mass is 79.9. The molecule has 0 aliphatic rings. The van der Waals surface area contributed by atoms with Gasteiger partial charge in [-0.3, -0.25) is 4.79 Å². The largest absolute Gasteiger partial charge is 0.485 e. The zero-order valence-corrected chi connectivity index (χ0v) is 16.0. The second kappa shape index (κ2) is 7.31. The Morgan fingerprint density at radius 1 is 1.09 bits per heavy atom. The number of Topliss-reactive ketones (excluding diaryl/α,β-unsaturated/α-hetero) is 1. The minimum absolute atomic E-state index is 0.00192. The lowest BCUT2D eigenvalue weighted by Gasteiger charge is -2.14. The lowest BCUT2D eigenvalue weighted by Crippen LogP contribution is -2.12. The van der Waals surface area contributed by atoms with E-state index in [0.29, 0.717) is 11.5 Å². The fraction of sp³-hybridized carbons (Fsp3) is 0.350. The lowest BCUT2D eigenvalue weighted by molar-refractivity contribution is 0.0921. The van der Waals surface area contributed by atoms with Crippen molar-refractivity contribution in [1.82, 2.24) is 0 Å². The van der Waals surface area contributed by atoms with Crippen molar-refractivity contribution >= 4 is 21.7 Å². The van der Waals surface area contributed by atoms with Gasteiger partial charge in [-0.15, -0.1) is 0 Å². The molecule has 3 heteroatoms. The molecule has 2 aromatic rings. The SMILES string of the molecule is Cc1cc(OCC(=O)c2ccc(C(C)C)cc2)c(C)c(C)c1Br. The third-order valence-electron chi connectivity index (χ3n) is 4.21. The molecule has 0 amide bonds. The van der Waals surface area contributed by atoms with Gasteiger partial charge in [0.25, 0.3) is 0 Å². The number of carbonyl (C=O) groups is 1.